The van der Waals surface area contributed by atoms with Crippen LogP contribution < -0.4 is 15.5 Å². The molecule has 3 N–H and O–H groups in total. The van der Waals surface area contributed by atoms with E-state index in [1.54, 1.807) is 12.1 Å². The lowest BCUT2D eigenvalue weighted by Crippen LogP contribution is -2.32. The Bertz CT molecular complexity index is 1330. The molecule has 10 heteroatoms. The highest BCUT2D eigenvalue weighted by atomic mass is 32.2. The minimum absolute atomic E-state index is 0.0178. The average molecular weight is 481 g/mol. The second-order valence-electron chi connectivity index (χ2n) is 8.99. The monoisotopic (exact) mass is 480 g/mol. The van der Waals surface area contributed by atoms with E-state index in [0.29, 0.717) is 18.9 Å². The topological polar surface area (TPSA) is 120 Å². The second kappa shape index (κ2) is 8.84. The minimum atomic E-state index is -3.07. The Kier molecular flexibility index (Phi) is 5.86. The van der Waals surface area contributed by atoms with E-state index >= 15 is 0 Å². The quantitative estimate of drug-likeness (QED) is 0.506. The number of aliphatic hydroxyl groups excluding tert-OH is 1. The Morgan fingerprint density at radius 1 is 1.21 bits per heavy atom. The van der Waals surface area contributed by atoms with E-state index < -0.39 is 15.9 Å². The van der Waals surface area contributed by atoms with E-state index in [9.17, 15) is 13.5 Å². The van der Waals surface area contributed by atoms with E-state index in [0.717, 1.165) is 64.7 Å². The number of nitrogens with one attached hydrogen (secondary N) is 2. The van der Waals surface area contributed by atoms with Crippen LogP contribution in [0.1, 0.15) is 40.6 Å². The molecule has 4 heterocycles. The zero-order valence-electron chi connectivity index (χ0n) is 19.2. The summed E-state index contributed by atoms with van der Waals surface area (Å²) < 4.78 is 23.0. The van der Waals surface area contributed by atoms with Crippen LogP contribution in [0.2, 0.25) is 0 Å². The summed E-state index contributed by atoms with van der Waals surface area (Å²) in [6.45, 7) is 4.29. The van der Waals surface area contributed by atoms with Crippen molar-refractivity contribution in [2.75, 3.05) is 34.9 Å². The SMILES string of the molecule is Cc1c(N2CCc3cnc(Nc4ccc(CS(C)(=O)=O)cc4)nc3C2)cnc2c1NCCC2O. The van der Waals surface area contributed by atoms with E-state index in [1.807, 2.05) is 24.5 Å². The molecule has 0 bridgehead atoms. The highest BCUT2D eigenvalue weighted by molar-refractivity contribution is 7.89. The van der Waals surface area contributed by atoms with Crippen molar-refractivity contribution >= 4 is 32.8 Å². The molecule has 1 unspecified atom stereocenters. The fraction of sp³-hybridized carbons (Fsp3) is 0.375. The summed E-state index contributed by atoms with van der Waals surface area (Å²) >= 11 is 0. The first-order chi connectivity index (χ1) is 16.3. The molecule has 0 spiro atoms. The van der Waals surface area contributed by atoms with Crippen molar-refractivity contribution in [1.29, 1.82) is 0 Å². The van der Waals surface area contributed by atoms with Crippen LogP contribution in [0.4, 0.5) is 23.0 Å². The van der Waals surface area contributed by atoms with Crippen molar-refractivity contribution in [3.63, 3.8) is 0 Å². The molecular formula is C24H28N6O3S. The van der Waals surface area contributed by atoms with Crippen molar-refractivity contribution in [2.45, 2.75) is 38.2 Å². The first-order valence-corrected chi connectivity index (χ1v) is 13.4. The summed E-state index contributed by atoms with van der Waals surface area (Å²) in [5, 5.41) is 16.9. The fourth-order valence-corrected chi connectivity index (χ4v) is 5.36. The van der Waals surface area contributed by atoms with Crippen molar-refractivity contribution in [2.24, 2.45) is 0 Å². The number of sulfone groups is 1. The molecule has 2 aliphatic rings. The third-order valence-corrected chi connectivity index (χ3v) is 7.16. The standard InChI is InChI=1S/C24H28N6O3S/c1-15-20(12-26-23-21(31)7-9-25-22(15)23)30-10-8-17-11-27-24(29-19(17)13-30)28-18-5-3-16(4-6-18)14-34(2,32)33/h3-6,11-12,21,25,31H,7-10,13-14H2,1-2H3,(H,27,28,29). The minimum Gasteiger partial charge on any atom is -0.387 e. The molecule has 0 saturated heterocycles. The molecule has 0 radical (unpaired) electrons. The number of rotatable bonds is 5. The number of aromatic nitrogens is 3. The molecule has 2 aromatic heterocycles. The number of aliphatic hydroxyl groups is 1. The van der Waals surface area contributed by atoms with Crippen LogP contribution in [-0.4, -0.2) is 47.8 Å². The van der Waals surface area contributed by atoms with Gasteiger partial charge in [0.1, 0.15) is 0 Å². The van der Waals surface area contributed by atoms with Crippen LogP contribution >= 0.6 is 0 Å². The maximum Gasteiger partial charge on any atom is 0.227 e. The van der Waals surface area contributed by atoms with Gasteiger partial charge in [-0.2, -0.15) is 0 Å². The number of pyridine rings is 1. The zero-order valence-corrected chi connectivity index (χ0v) is 20.1. The van der Waals surface area contributed by atoms with Crippen LogP contribution in [-0.2, 0) is 28.6 Å². The Labute approximate surface area is 199 Å². The van der Waals surface area contributed by atoms with Gasteiger partial charge in [-0.05, 0) is 48.6 Å². The smallest absolute Gasteiger partial charge is 0.227 e. The van der Waals surface area contributed by atoms with Gasteiger partial charge in [-0.15, -0.1) is 0 Å². The third kappa shape index (κ3) is 4.69. The fourth-order valence-electron chi connectivity index (χ4n) is 4.56. The third-order valence-electron chi connectivity index (χ3n) is 6.30. The van der Waals surface area contributed by atoms with Crippen molar-refractivity contribution in [3.8, 4) is 0 Å². The van der Waals surface area contributed by atoms with Crippen LogP contribution in [0, 0.1) is 6.92 Å². The number of hydrogen-bond donors (Lipinski definition) is 3. The Morgan fingerprint density at radius 2 is 2.00 bits per heavy atom. The zero-order chi connectivity index (χ0) is 23.9. The predicted octanol–water partition coefficient (Wildman–Crippen LogP) is 2.88. The van der Waals surface area contributed by atoms with Gasteiger partial charge in [0.2, 0.25) is 5.95 Å². The van der Waals surface area contributed by atoms with Gasteiger partial charge in [-0.25, -0.2) is 18.4 Å². The highest BCUT2D eigenvalue weighted by Crippen LogP contribution is 2.36. The van der Waals surface area contributed by atoms with Crippen LogP contribution in [0.3, 0.4) is 0 Å². The maximum absolute atomic E-state index is 11.5. The van der Waals surface area contributed by atoms with Gasteiger partial charge in [-0.3, -0.25) is 4.98 Å². The van der Waals surface area contributed by atoms with E-state index in [4.69, 9.17) is 4.98 Å². The molecule has 5 rings (SSSR count). The van der Waals surface area contributed by atoms with Gasteiger partial charge in [-0.1, -0.05) is 12.1 Å². The molecule has 0 fully saturated rings. The van der Waals surface area contributed by atoms with Gasteiger partial charge in [0, 0.05) is 31.2 Å². The van der Waals surface area contributed by atoms with Crippen LogP contribution in [0.15, 0.2) is 36.7 Å². The van der Waals surface area contributed by atoms with E-state index in [1.165, 1.54) is 6.26 Å². The van der Waals surface area contributed by atoms with Gasteiger partial charge >= 0.3 is 0 Å². The van der Waals surface area contributed by atoms with Gasteiger partial charge in [0.05, 0.1) is 47.4 Å². The summed E-state index contributed by atoms with van der Waals surface area (Å²) in [7, 11) is -3.07. The largest absolute Gasteiger partial charge is 0.387 e. The van der Waals surface area contributed by atoms with Gasteiger partial charge < -0.3 is 20.6 Å². The number of nitrogens with zero attached hydrogens (tertiary/aromatic N) is 4. The van der Waals surface area contributed by atoms with E-state index in [2.05, 4.69) is 32.4 Å². The Balaban J connectivity index is 1.34. The Morgan fingerprint density at radius 3 is 2.76 bits per heavy atom. The number of benzene rings is 1. The molecule has 0 saturated carbocycles. The lowest BCUT2D eigenvalue weighted by molar-refractivity contribution is 0.163. The van der Waals surface area contributed by atoms with Gasteiger partial charge in [0.15, 0.2) is 9.84 Å². The molecule has 34 heavy (non-hydrogen) atoms. The van der Waals surface area contributed by atoms with Gasteiger partial charge in [0.25, 0.3) is 0 Å². The summed E-state index contributed by atoms with van der Waals surface area (Å²) in [6.07, 6.45) is 5.94. The van der Waals surface area contributed by atoms with Crippen molar-refractivity contribution in [3.05, 3.63) is 64.7 Å². The molecule has 0 amide bonds. The first kappa shape index (κ1) is 22.5. The predicted molar refractivity (Wildman–Crippen MR) is 132 cm³/mol. The molecule has 178 valence electrons. The molecule has 3 aromatic rings. The maximum atomic E-state index is 11.5. The first-order valence-electron chi connectivity index (χ1n) is 11.3. The number of fused-ring (bicyclic) bond motifs is 2. The summed E-state index contributed by atoms with van der Waals surface area (Å²) in [5.41, 5.74) is 7.42. The number of hydrogen-bond acceptors (Lipinski definition) is 9. The average Bonchev–Trinajstić information content (AvgIpc) is 2.80. The lowest BCUT2D eigenvalue weighted by Gasteiger charge is -2.33. The summed E-state index contributed by atoms with van der Waals surface area (Å²) in [5.74, 6) is 0.519. The summed E-state index contributed by atoms with van der Waals surface area (Å²) in [6, 6.07) is 7.25. The normalized spacial score (nSPS) is 17.5. The molecule has 0 aliphatic carbocycles. The van der Waals surface area contributed by atoms with Crippen molar-refractivity contribution < 1.29 is 13.5 Å². The highest BCUT2D eigenvalue weighted by Gasteiger charge is 2.26. The van der Waals surface area contributed by atoms with Crippen LogP contribution in [0.5, 0.6) is 0 Å². The molecule has 9 nitrogen and oxygen atoms in total. The lowest BCUT2D eigenvalue weighted by atomic mass is 10.0. The molecule has 1 aromatic carbocycles. The van der Waals surface area contributed by atoms with E-state index in [-0.39, 0.29) is 5.75 Å². The second-order valence-corrected chi connectivity index (χ2v) is 11.1. The number of anilines is 4. The Hall–Kier alpha value is -3.24. The van der Waals surface area contributed by atoms with Crippen molar-refractivity contribution in [1.82, 2.24) is 15.0 Å². The molecular weight excluding hydrogens is 452 g/mol. The summed E-state index contributed by atoms with van der Waals surface area (Å²) in [4.78, 5) is 16.0. The molecule has 1 atom stereocenters. The van der Waals surface area contributed by atoms with Crippen LogP contribution in [0.25, 0.3) is 0 Å². The molecule has 2 aliphatic heterocycles.